The number of anilines is 2. The fourth-order valence-corrected chi connectivity index (χ4v) is 4.79. The van der Waals surface area contributed by atoms with E-state index < -0.39 is 12.4 Å². The number of H-pyrrole nitrogens is 2. The molecule has 5 rings (SSSR count). The lowest BCUT2D eigenvalue weighted by molar-refractivity contribution is -0.125. The van der Waals surface area contributed by atoms with E-state index in [1.165, 1.54) is 0 Å². The van der Waals surface area contributed by atoms with Crippen LogP contribution in [0.5, 0.6) is 0 Å². The van der Waals surface area contributed by atoms with Crippen molar-refractivity contribution in [2.24, 2.45) is 0 Å². The maximum absolute atomic E-state index is 12.9. The van der Waals surface area contributed by atoms with E-state index >= 15 is 0 Å². The lowest BCUT2D eigenvalue weighted by Crippen LogP contribution is -2.49. The Morgan fingerprint density at radius 3 is 2.94 bits per heavy atom. The highest BCUT2D eigenvalue weighted by Gasteiger charge is 2.28. The first-order chi connectivity index (χ1) is 17.3. The zero-order valence-corrected chi connectivity index (χ0v) is 20.7. The number of ether oxygens (including phenoxy) is 1. The van der Waals surface area contributed by atoms with Gasteiger partial charge in [0.15, 0.2) is 6.29 Å². The predicted octanol–water partition coefficient (Wildman–Crippen LogP) is 3.57. The summed E-state index contributed by atoms with van der Waals surface area (Å²) in [6, 6.07) is 12.6. The van der Waals surface area contributed by atoms with Crippen molar-refractivity contribution in [3.63, 3.8) is 0 Å². The number of benzene rings is 2. The first-order valence-electron chi connectivity index (χ1n) is 11.8. The van der Waals surface area contributed by atoms with Crippen LogP contribution in [0.25, 0.3) is 22.4 Å². The summed E-state index contributed by atoms with van der Waals surface area (Å²) in [5.41, 5.74) is 4.68. The minimum Gasteiger partial charge on any atom is -0.387 e. The zero-order valence-electron chi connectivity index (χ0n) is 20.0. The molecule has 0 spiro atoms. The van der Waals surface area contributed by atoms with E-state index in [9.17, 15) is 15.0 Å². The van der Waals surface area contributed by atoms with E-state index in [1.54, 1.807) is 36.5 Å². The molecule has 1 saturated heterocycles. The lowest BCUT2D eigenvalue weighted by atomic mass is 10.1. The third-order valence-electron chi connectivity index (χ3n) is 6.54. The Balaban J connectivity index is 1.46. The van der Waals surface area contributed by atoms with Crippen LogP contribution in [0.1, 0.15) is 24.2 Å². The third kappa shape index (κ3) is 4.70. The number of rotatable bonds is 6. The second-order valence-electron chi connectivity index (χ2n) is 8.99. The van der Waals surface area contributed by atoms with Crippen LogP contribution in [0.3, 0.4) is 0 Å². The summed E-state index contributed by atoms with van der Waals surface area (Å²) < 4.78 is 5.35. The average Bonchev–Trinajstić information content (AvgIpc) is 3.28. The van der Waals surface area contributed by atoms with Crippen LogP contribution in [-0.4, -0.2) is 57.2 Å². The predicted molar refractivity (Wildman–Crippen MR) is 141 cm³/mol. The summed E-state index contributed by atoms with van der Waals surface area (Å²) in [4.78, 5) is 25.7. The highest BCUT2D eigenvalue weighted by molar-refractivity contribution is 6.30. The van der Waals surface area contributed by atoms with Crippen molar-refractivity contribution in [3.05, 3.63) is 75.2 Å². The van der Waals surface area contributed by atoms with Crippen molar-refractivity contribution in [2.75, 3.05) is 29.9 Å². The van der Waals surface area contributed by atoms with Gasteiger partial charge in [0.25, 0.3) is 5.56 Å². The van der Waals surface area contributed by atoms with Crippen LogP contribution in [0.15, 0.2) is 53.5 Å². The van der Waals surface area contributed by atoms with Crippen molar-refractivity contribution in [1.82, 2.24) is 15.0 Å². The standard InChI is InChI=1S/C26H28ClN5O4/c1-14-10-18(32-8-9-36-26(35)15(32)2)12-20-23(14)31-24(30-20)22-19(6-7-28-25(22)34)29-13-21(33)16-4-3-5-17(27)11-16/h3-7,10-12,15,21,26,33,35H,8-9,13H2,1-2H3,(H,30,31)(H2,28,29,34)/t15-,21+,26?/m0/s1. The number of nitrogens with zero attached hydrogens (tertiary/aromatic N) is 2. The van der Waals surface area contributed by atoms with Crippen LogP contribution in [-0.2, 0) is 4.74 Å². The number of hydrogen-bond acceptors (Lipinski definition) is 7. The Hall–Kier alpha value is -3.37. The summed E-state index contributed by atoms with van der Waals surface area (Å²) in [6.45, 7) is 5.16. The van der Waals surface area contributed by atoms with Gasteiger partial charge in [-0.2, -0.15) is 0 Å². The maximum atomic E-state index is 12.9. The van der Waals surface area contributed by atoms with E-state index in [0.29, 0.717) is 40.8 Å². The second kappa shape index (κ2) is 9.94. The maximum Gasteiger partial charge on any atom is 0.261 e. The van der Waals surface area contributed by atoms with E-state index in [0.717, 1.165) is 22.3 Å². The van der Waals surface area contributed by atoms with E-state index in [-0.39, 0.29) is 18.1 Å². The first-order valence-corrected chi connectivity index (χ1v) is 12.2. The summed E-state index contributed by atoms with van der Waals surface area (Å²) in [6.07, 6.45) is -0.120. The van der Waals surface area contributed by atoms with Crippen LogP contribution in [0.2, 0.25) is 5.02 Å². The molecule has 0 amide bonds. The Labute approximate surface area is 212 Å². The number of aliphatic hydroxyl groups excluding tert-OH is 2. The molecule has 0 aliphatic carbocycles. The Morgan fingerprint density at radius 1 is 1.31 bits per heavy atom. The first kappa shape index (κ1) is 24.3. The summed E-state index contributed by atoms with van der Waals surface area (Å²) >= 11 is 6.05. The summed E-state index contributed by atoms with van der Waals surface area (Å²) in [5.74, 6) is 0.418. The molecule has 2 aromatic heterocycles. The van der Waals surface area contributed by atoms with Crippen molar-refractivity contribution in [3.8, 4) is 11.4 Å². The van der Waals surface area contributed by atoms with Crippen molar-refractivity contribution in [2.45, 2.75) is 32.3 Å². The summed E-state index contributed by atoms with van der Waals surface area (Å²) in [5, 5.41) is 24.5. The molecule has 3 atom stereocenters. The third-order valence-corrected chi connectivity index (χ3v) is 6.77. The Kier molecular flexibility index (Phi) is 6.72. The van der Waals surface area contributed by atoms with E-state index in [4.69, 9.17) is 21.3 Å². The molecule has 188 valence electrons. The van der Waals surface area contributed by atoms with Gasteiger partial charge in [-0.1, -0.05) is 23.7 Å². The van der Waals surface area contributed by atoms with Crippen molar-refractivity contribution in [1.29, 1.82) is 0 Å². The number of aryl methyl sites for hydroxylation is 1. The average molecular weight is 510 g/mol. The lowest BCUT2D eigenvalue weighted by Gasteiger charge is -2.38. The molecular formula is C26H28ClN5O4. The molecule has 2 aromatic carbocycles. The monoisotopic (exact) mass is 509 g/mol. The molecule has 1 aliphatic rings. The number of aliphatic hydroxyl groups is 2. The molecule has 0 saturated carbocycles. The number of aromatic amines is 2. The Bertz CT molecular complexity index is 1450. The van der Waals surface area contributed by atoms with Gasteiger partial charge in [-0.25, -0.2) is 4.98 Å². The molecule has 5 N–H and O–H groups in total. The van der Waals surface area contributed by atoms with Crippen LogP contribution in [0, 0.1) is 6.92 Å². The van der Waals surface area contributed by atoms with Crippen LogP contribution >= 0.6 is 11.6 Å². The molecule has 4 aromatic rings. The van der Waals surface area contributed by atoms with Gasteiger partial charge in [-0.05, 0) is 55.3 Å². The molecule has 0 radical (unpaired) electrons. The quantitative estimate of drug-likeness (QED) is 0.269. The molecule has 9 nitrogen and oxygen atoms in total. The van der Waals surface area contributed by atoms with E-state index in [2.05, 4.69) is 20.2 Å². The number of morpholine rings is 1. The zero-order chi connectivity index (χ0) is 25.4. The number of nitrogens with one attached hydrogen (secondary N) is 3. The van der Waals surface area contributed by atoms with Crippen LogP contribution < -0.4 is 15.8 Å². The van der Waals surface area contributed by atoms with Gasteiger partial charge in [-0.3, -0.25) is 4.79 Å². The number of imidazole rings is 1. The molecule has 0 bridgehead atoms. The molecule has 1 aliphatic heterocycles. The smallest absolute Gasteiger partial charge is 0.261 e. The largest absolute Gasteiger partial charge is 0.387 e. The molecule has 3 heterocycles. The fraction of sp³-hybridized carbons (Fsp3) is 0.308. The molecule has 36 heavy (non-hydrogen) atoms. The molecule has 1 fully saturated rings. The highest BCUT2D eigenvalue weighted by atomic mass is 35.5. The van der Waals surface area contributed by atoms with Gasteiger partial charge in [0.05, 0.1) is 35.5 Å². The van der Waals surface area contributed by atoms with Gasteiger partial charge in [0.1, 0.15) is 11.4 Å². The molecule has 1 unspecified atom stereocenters. The minimum atomic E-state index is -0.856. The SMILES string of the molecule is Cc1cc(N2CCOC(O)[C@@H]2C)cc2[nH]c(-c3c(NC[C@@H](O)c4cccc(Cl)c4)cc[nH]c3=O)nc12. The fourth-order valence-electron chi connectivity index (χ4n) is 4.59. The summed E-state index contributed by atoms with van der Waals surface area (Å²) in [7, 11) is 0. The second-order valence-corrected chi connectivity index (χ2v) is 9.42. The van der Waals surface area contributed by atoms with Gasteiger partial charge >= 0.3 is 0 Å². The van der Waals surface area contributed by atoms with Crippen molar-refractivity contribution >= 4 is 34.0 Å². The molecular weight excluding hydrogens is 482 g/mol. The number of aromatic nitrogens is 3. The van der Waals surface area contributed by atoms with Crippen molar-refractivity contribution < 1.29 is 14.9 Å². The van der Waals surface area contributed by atoms with Gasteiger partial charge in [0.2, 0.25) is 0 Å². The molecule has 10 heteroatoms. The van der Waals surface area contributed by atoms with Gasteiger partial charge in [-0.15, -0.1) is 0 Å². The number of fused-ring (bicyclic) bond motifs is 1. The van der Waals surface area contributed by atoms with Crippen LogP contribution in [0.4, 0.5) is 11.4 Å². The number of halogens is 1. The normalized spacial score (nSPS) is 19.0. The Morgan fingerprint density at radius 2 is 2.14 bits per heavy atom. The highest BCUT2D eigenvalue weighted by Crippen LogP contribution is 2.31. The van der Waals surface area contributed by atoms with Gasteiger partial charge in [0, 0.05) is 30.0 Å². The topological polar surface area (TPSA) is 126 Å². The van der Waals surface area contributed by atoms with E-state index in [1.807, 2.05) is 26.0 Å². The number of pyridine rings is 1. The van der Waals surface area contributed by atoms with Gasteiger partial charge < -0.3 is 35.1 Å². The number of hydrogen-bond donors (Lipinski definition) is 5. The minimum absolute atomic E-state index is 0.178.